The first-order valence-corrected chi connectivity index (χ1v) is 5.82. The van der Waals surface area contributed by atoms with Crippen LogP contribution in [0.3, 0.4) is 0 Å². The third-order valence-electron chi connectivity index (χ3n) is 2.59. The van der Waals surface area contributed by atoms with Crippen LogP contribution in [0, 0.1) is 5.41 Å². The maximum atomic E-state index is 11.1. The van der Waals surface area contributed by atoms with E-state index in [4.69, 9.17) is 14.6 Å². The molecule has 0 saturated heterocycles. The molecular weight excluding hydrogens is 232 g/mol. The van der Waals surface area contributed by atoms with E-state index in [9.17, 15) is 4.79 Å². The van der Waals surface area contributed by atoms with Crippen LogP contribution in [0.15, 0.2) is 24.3 Å². The summed E-state index contributed by atoms with van der Waals surface area (Å²) in [5.74, 6) is -0.166. The van der Waals surface area contributed by atoms with Crippen LogP contribution < -0.4 is 4.74 Å². The van der Waals surface area contributed by atoms with E-state index in [2.05, 4.69) is 0 Å². The highest BCUT2D eigenvalue weighted by molar-refractivity contribution is 5.73. The number of ether oxygens (including phenoxy) is 2. The Morgan fingerprint density at radius 3 is 2.22 bits per heavy atom. The Bertz CT molecular complexity index is 389. The molecule has 1 rings (SSSR count). The average molecular weight is 252 g/mol. The fourth-order valence-corrected chi connectivity index (χ4v) is 1.59. The summed E-state index contributed by atoms with van der Waals surface area (Å²) in [6.07, 6.45) is -0.820. The molecule has 18 heavy (non-hydrogen) atoms. The number of hydrogen-bond donors (Lipinski definition) is 1. The molecular formula is C14H20O4. The van der Waals surface area contributed by atoms with Gasteiger partial charge in [-0.15, -0.1) is 0 Å². The van der Waals surface area contributed by atoms with Gasteiger partial charge in [-0.1, -0.05) is 32.9 Å². The minimum atomic E-state index is -0.934. The number of aliphatic carboxylic acids is 1. The Balaban J connectivity index is 2.64. The minimum Gasteiger partial charge on any atom is -0.497 e. The van der Waals surface area contributed by atoms with Gasteiger partial charge in [-0.05, 0) is 23.1 Å². The molecule has 0 aliphatic carbocycles. The first-order chi connectivity index (χ1) is 8.34. The first-order valence-electron chi connectivity index (χ1n) is 5.82. The summed E-state index contributed by atoms with van der Waals surface area (Å²) in [4.78, 5) is 11.1. The smallest absolute Gasteiger partial charge is 0.333 e. The van der Waals surface area contributed by atoms with E-state index in [0.717, 1.165) is 11.3 Å². The lowest BCUT2D eigenvalue weighted by Gasteiger charge is -2.27. The molecule has 0 heterocycles. The molecule has 0 aromatic heterocycles. The Labute approximate surface area is 108 Å². The topological polar surface area (TPSA) is 55.8 Å². The number of methoxy groups -OCH3 is 1. The fraction of sp³-hybridized carbons (Fsp3) is 0.500. The summed E-state index contributed by atoms with van der Waals surface area (Å²) < 4.78 is 10.5. The van der Waals surface area contributed by atoms with Gasteiger partial charge in [0.05, 0.1) is 13.7 Å². The second-order valence-electron chi connectivity index (χ2n) is 5.24. The largest absolute Gasteiger partial charge is 0.497 e. The van der Waals surface area contributed by atoms with Crippen molar-refractivity contribution in [1.82, 2.24) is 0 Å². The molecule has 4 nitrogen and oxygen atoms in total. The quantitative estimate of drug-likeness (QED) is 0.875. The van der Waals surface area contributed by atoms with Gasteiger partial charge in [0.25, 0.3) is 0 Å². The molecule has 0 radical (unpaired) electrons. The SMILES string of the molecule is COc1ccc(COC(C(=O)O)C(C)(C)C)cc1. The van der Waals surface area contributed by atoms with Crippen LogP contribution >= 0.6 is 0 Å². The molecule has 1 N–H and O–H groups in total. The van der Waals surface area contributed by atoms with Crippen LogP contribution in [-0.2, 0) is 16.1 Å². The van der Waals surface area contributed by atoms with Crippen molar-refractivity contribution < 1.29 is 19.4 Å². The zero-order valence-electron chi connectivity index (χ0n) is 11.3. The zero-order chi connectivity index (χ0) is 13.8. The van der Waals surface area contributed by atoms with Gasteiger partial charge in [0.2, 0.25) is 0 Å². The van der Waals surface area contributed by atoms with Crippen molar-refractivity contribution >= 4 is 5.97 Å². The Hall–Kier alpha value is -1.55. The third-order valence-corrected chi connectivity index (χ3v) is 2.59. The Morgan fingerprint density at radius 2 is 1.83 bits per heavy atom. The number of rotatable bonds is 5. The molecule has 0 fully saturated rings. The van der Waals surface area contributed by atoms with Crippen molar-refractivity contribution in [3.05, 3.63) is 29.8 Å². The summed E-state index contributed by atoms with van der Waals surface area (Å²) in [5, 5.41) is 9.12. The van der Waals surface area contributed by atoms with Crippen molar-refractivity contribution in [3.8, 4) is 5.75 Å². The number of carbonyl (C=O) groups is 1. The standard InChI is InChI=1S/C14H20O4/c1-14(2,3)12(13(15)16)18-9-10-5-7-11(17-4)8-6-10/h5-8,12H,9H2,1-4H3,(H,15,16). The molecule has 0 aliphatic heterocycles. The fourth-order valence-electron chi connectivity index (χ4n) is 1.59. The monoisotopic (exact) mass is 252 g/mol. The van der Waals surface area contributed by atoms with E-state index in [0.29, 0.717) is 0 Å². The Kier molecular flexibility index (Phi) is 4.73. The number of carboxylic acids is 1. The maximum absolute atomic E-state index is 11.1. The molecule has 100 valence electrons. The maximum Gasteiger partial charge on any atom is 0.333 e. The van der Waals surface area contributed by atoms with E-state index in [1.54, 1.807) is 7.11 Å². The third kappa shape index (κ3) is 4.04. The van der Waals surface area contributed by atoms with Gasteiger partial charge in [-0.2, -0.15) is 0 Å². The van der Waals surface area contributed by atoms with E-state index < -0.39 is 17.5 Å². The van der Waals surface area contributed by atoms with Crippen molar-refractivity contribution in [2.24, 2.45) is 5.41 Å². The summed E-state index contributed by atoms with van der Waals surface area (Å²) in [7, 11) is 1.60. The van der Waals surface area contributed by atoms with E-state index in [-0.39, 0.29) is 6.61 Å². The van der Waals surface area contributed by atoms with Crippen molar-refractivity contribution in [2.45, 2.75) is 33.5 Å². The lowest BCUT2D eigenvalue weighted by molar-refractivity contribution is -0.159. The van der Waals surface area contributed by atoms with Crippen LogP contribution in [0.1, 0.15) is 26.3 Å². The van der Waals surface area contributed by atoms with Gasteiger partial charge in [0.1, 0.15) is 5.75 Å². The predicted octanol–water partition coefficient (Wildman–Crippen LogP) is 2.71. The van der Waals surface area contributed by atoms with Crippen LogP contribution in [0.5, 0.6) is 5.75 Å². The summed E-state index contributed by atoms with van der Waals surface area (Å²) in [5.41, 5.74) is 0.490. The molecule has 0 bridgehead atoms. The predicted molar refractivity (Wildman–Crippen MR) is 68.7 cm³/mol. The van der Waals surface area contributed by atoms with Crippen molar-refractivity contribution in [2.75, 3.05) is 7.11 Å². The number of benzene rings is 1. The molecule has 1 unspecified atom stereocenters. The van der Waals surface area contributed by atoms with Crippen LogP contribution in [0.25, 0.3) is 0 Å². The van der Waals surface area contributed by atoms with Crippen LogP contribution in [-0.4, -0.2) is 24.3 Å². The van der Waals surface area contributed by atoms with Crippen molar-refractivity contribution in [3.63, 3.8) is 0 Å². The zero-order valence-corrected chi connectivity index (χ0v) is 11.3. The summed E-state index contributed by atoms with van der Waals surface area (Å²) in [6.45, 7) is 5.82. The molecule has 0 amide bonds. The van der Waals surface area contributed by atoms with Crippen LogP contribution in [0.2, 0.25) is 0 Å². The highest BCUT2D eigenvalue weighted by Crippen LogP contribution is 2.24. The van der Waals surface area contributed by atoms with E-state index in [1.165, 1.54) is 0 Å². The average Bonchev–Trinajstić information content (AvgIpc) is 2.28. The molecule has 4 heteroatoms. The summed E-state index contributed by atoms with van der Waals surface area (Å²) >= 11 is 0. The normalized spacial score (nSPS) is 13.1. The van der Waals surface area contributed by atoms with Gasteiger partial charge in [0, 0.05) is 0 Å². The number of carboxylic acid groups (broad SMARTS) is 1. The molecule has 0 aliphatic rings. The second-order valence-corrected chi connectivity index (χ2v) is 5.24. The second kappa shape index (κ2) is 5.87. The highest BCUT2D eigenvalue weighted by Gasteiger charge is 2.32. The van der Waals surface area contributed by atoms with E-state index >= 15 is 0 Å². The van der Waals surface area contributed by atoms with Gasteiger partial charge in [-0.25, -0.2) is 4.79 Å². The van der Waals surface area contributed by atoms with E-state index in [1.807, 2.05) is 45.0 Å². The van der Waals surface area contributed by atoms with Gasteiger partial charge >= 0.3 is 5.97 Å². The summed E-state index contributed by atoms with van der Waals surface area (Å²) in [6, 6.07) is 7.37. The lowest BCUT2D eigenvalue weighted by Crippen LogP contribution is -2.36. The minimum absolute atomic E-state index is 0.276. The molecule has 1 aromatic rings. The molecule has 1 aromatic carbocycles. The van der Waals surface area contributed by atoms with Gasteiger partial charge in [0.15, 0.2) is 6.10 Å². The Morgan fingerprint density at radius 1 is 1.28 bits per heavy atom. The highest BCUT2D eigenvalue weighted by atomic mass is 16.5. The van der Waals surface area contributed by atoms with Gasteiger partial charge in [-0.3, -0.25) is 0 Å². The lowest BCUT2D eigenvalue weighted by atomic mass is 9.89. The van der Waals surface area contributed by atoms with Crippen LogP contribution in [0.4, 0.5) is 0 Å². The first kappa shape index (κ1) is 14.5. The molecule has 0 spiro atoms. The molecule has 1 atom stereocenters. The van der Waals surface area contributed by atoms with Gasteiger partial charge < -0.3 is 14.6 Å². The molecule has 0 saturated carbocycles. The number of hydrogen-bond acceptors (Lipinski definition) is 3. The van der Waals surface area contributed by atoms with Crippen molar-refractivity contribution in [1.29, 1.82) is 0 Å².